The molecule has 2 aromatic rings. The zero-order chi connectivity index (χ0) is 21.9. The summed E-state index contributed by atoms with van der Waals surface area (Å²) in [6.45, 7) is 4.20. The minimum Gasteiger partial charge on any atom is -0.497 e. The van der Waals surface area contributed by atoms with Crippen molar-refractivity contribution in [1.29, 1.82) is 0 Å². The Balaban J connectivity index is 1.56. The van der Waals surface area contributed by atoms with Gasteiger partial charge in [-0.05, 0) is 29.7 Å². The molecule has 1 spiro atoms. The Bertz CT molecular complexity index is 1080. The number of para-hydroxylation sites is 1. The first-order valence-electron chi connectivity index (χ1n) is 10.5. The summed E-state index contributed by atoms with van der Waals surface area (Å²) in [7, 11) is 1.59. The van der Waals surface area contributed by atoms with Gasteiger partial charge in [0.2, 0.25) is 17.7 Å². The van der Waals surface area contributed by atoms with Gasteiger partial charge in [-0.3, -0.25) is 24.6 Å². The predicted octanol–water partition coefficient (Wildman–Crippen LogP) is 2.27. The van der Waals surface area contributed by atoms with Crippen LogP contribution in [-0.2, 0) is 26.5 Å². The highest BCUT2D eigenvalue weighted by Crippen LogP contribution is 2.54. The molecule has 7 nitrogen and oxygen atoms in total. The van der Waals surface area contributed by atoms with E-state index in [1.807, 2.05) is 62.4 Å². The van der Waals surface area contributed by atoms with Gasteiger partial charge in [-0.2, -0.15) is 0 Å². The number of anilines is 1. The van der Waals surface area contributed by atoms with E-state index in [-0.39, 0.29) is 36.2 Å². The quantitative estimate of drug-likeness (QED) is 0.743. The first kappa shape index (κ1) is 19.8. The summed E-state index contributed by atoms with van der Waals surface area (Å²) in [5, 5.41) is 6.35. The summed E-state index contributed by atoms with van der Waals surface area (Å²) >= 11 is 0. The highest BCUT2D eigenvalue weighted by molar-refractivity contribution is 6.15. The molecule has 3 amide bonds. The summed E-state index contributed by atoms with van der Waals surface area (Å²) in [4.78, 5) is 41.8. The van der Waals surface area contributed by atoms with Crippen molar-refractivity contribution in [2.24, 2.45) is 17.8 Å². The summed E-state index contributed by atoms with van der Waals surface area (Å²) in [6.07, 6.45) is 0. The number of ether oxygens (including phenoxy) is 1. The number of rotatable bonds is 4. The molecule has 5 rings (SSSR count). The standard InChI is InChI=1S/C24H25N3O4/c1-13(2)20-18-19(24(26-20)16-6-4-5-7-17(16)25-23(24)30)22(29)27(21(18)28)12-14-8-10-15(31-3)11-9-14/h4-11,13,18-20,26H,12H2,1-3H3,(H,25,30). The van der Waals surface area contributed by atoms with Gasteiger partial charge in [-0.25, -0.2) is 0 Å². The number of likely N-dealkylation sites (tertiary alicyclic amines) is 1. The van der Waals surface area contributed by atoms with Crippen LogP contribution in [0.2, 0.25) is 0 Å². The minimum atomic E-state index is -1.22. The lowest BCUT2D eigenvalue weighted by Gasteiger charge is -2.30. The number of fused-ring (bicyclic) bond motifs is 4. The number of nitrogens with zero attached hydrogens (tertiary/aromatic N) is 1. The third-order valence-electron chi connectivity index (χ3n) is 6.87. The molecule has 160 valence electrons. The molecule has 0 aliphatic carbocycles. The molecule has 2 saturated heterocycles. The zero-order valence-electron chi connectivity index (χ0n) is 17.7. The monoisotopic (exact) mass is 419 g/mol. The lowest BCUT2D eigenvalue weighted by atomic mass is 9.76. The number of carbonyl (C=O) groups excluding carboxylic acids is 3. The van der Waals surface area contributed by atoms with Gasteiger partial charge in [0, 0.05) is 17.3 Å². The van der Waals surface area contributed by atoms with Gasteiger partial charge in [-0.15, -0.1) is 0 Å². The van der Waals surface area contributed by atoms with E-state index in [9.17, 15) is 14.4 Å². The van der Waals surface area contributed by atoms with Crippen molar-refractivity contribution in [2.45, 2.75) is 32.0 Å². The number of benzene rings is 2. The van der Waals surface area contributed by atoms with Gasteiger partial charge in [0.05, 0.1) is 25.5 Å². The molecule has 0 bridgehead atoms. The van der Waals surface area contributed by atoms with E-state index in [0.29, 0.717) is 11.4 Å². The van der Waals surface area contributed by atoms with E-state index in [0.717, 1.165) is 11.1 Å². The van der Waals surface area contributed by atoms with Crippen molar-refractivity contribution >= 4 is 23.4 Å². The van der Waals surface area contributed by atoms with E-state index < -0.39 is 17.4 Å². The first-order valence-corrected chi connectivity index (χ1v) is 10.5. The third-order valence-corrected chi connectivity index (χ3v) is 6.87. The lowest BCUT2D eigenvalue weighted by molar-refractivity contribution is -0.143. The van der Waals surface area contributed by atoms with Crippen LogP contribution in [0.5, 0.6) is 5.75 Å². The predicted molar refractivity (Wildman–Crippen MR) is 114 cm³/mol. The Labute approximate surface area is 180 Å². The average Bonchev–Trinajstić information content (AvgIpc) is 3.35. The van der Waals surface area contributed by atoms with Crippen molar-refractivity contribution in [3.8, 4) is 5.75 Å². The Hall–Kier alpha value is -3.19. The van der Waals surface area contributed by atoms with E-state index >= 15 is 0 Å². The van der Waals surface area contributed by atoms with Crippen molar-refractivity contribution < 1.29 is 19.1 Å². The van der Waals surface area contributed by atoms with Gasteiger partial charge in [0.25, 0.3) is 0 Å². The number of methoxy groups -OCH3 is 1. The van der Waals surface area contributed by atoms with Crippen LogP contribution in [-0.4, -0.2) is 35.8 Å². The minimum absolute atomic E-state index is 0.0742. The van der Waals surface area contributed by atoms with Crippen LogP contribution in [0.3, 0.4) is 0 Å². The molecule has 0 aromatic heterocycles. The molecule has 2 aromatic carbocycles. The largest absolute Gasteiger partial charge is 0.497 e. The van der Waals surface area contributed by atoms with E-state index in [1.165, 1.54) is 4.90 Å². The van der Waals surface area contributed by atoms with Gasteiger partial charge >= 0.3 is 0 Å². The van der Waals surface area contributed by atoms with Crippen LogP contribution in [0.15, 0.2) is 48.5 Å². The van der Waals surface area contributed by atoms with E-state index in [1.54, 1.807) is 7.11 Å². The summed E-state index contributed by atoms with van der Waals surface area (Å²) < 4.78 is 5.19. The second-order valence-corrected chi connectivity index (χ2v) is 8.84. The number of carbonyl (C=O) groups is 3. The molecule has 3 aliphatic heterocycles. The van der Waals surface area contributed by atoms with Crippen LogP contribution in [0.1, 0.15) is 25.0 Å². The zero-order valence-corrected chi connectivity index (χ0v) is 17.7. The lowest BCUT2D eigenvalue weighted by Crippen LogP contribution is -2.53. The highest BCUT2D eigenvalue weighted by Gasteiger charge is 2.70. The molecular formula is C24H25N3O4. The Morgan fingerprint density at radius 1 is 1.03 bits per heavy atom. The first-order chi connectivity index (χ1) is 14.9. The van der Waals surface area contributed by atoms with Gasteiger partial charge in [-0.1, -0.05) is 44.2 Å². The maximum absolute atomic E-state index is 13.7. The Morgan fingerprint density at radius 2 is 1.74 bits per heavy atom. The molecule has 4 atom stereocenters. The van der Waals surface area contributed by atoms with Crippen LogP contribution in [0, 0.1) is 17.8 Å². The van der Waals surface area contributed by atoms with Crippen LogP contribution >= 0.6 is 0 Å². The van der Waals surface area contributed by atoms with Crippen LogP contribution < -0.4 is 15.4 Å². The number of hydrogen-bond donors (Lipinski definition) is 2. The third kappa shape index (κ3) is 2.66. The highest BCUT2D eigenvalue weighted by atomic mass is 16.5. The second kappa shape index (κ2) is 6.92. The molecule has 4 unspecified atom stereocenters. The van der Waals surface area contributed by atoms with Crippen LogP contribution in [0.25, 0.3) is 0 Å². The molecule has 2 fully saturated rings. The van der Waals surface area contributed by atoms with E-state index in [2.05, 4.69) is 10.6 Å². The Morgan fingerprint density at radius 3 is 2.42 bits per heavy atom. The SMILES string of the molecule is COc1ccc(CN2C(=O)C3C(C(C)C)NC4(C(=O)Nc5ccccc54)C3C2=O)cc1. The smallest absolute Gasteiger partial charge is 0.250 e. The number of nitrogens with one attached hydrogen (secondary N) is 2. The molecule has 31 heavy (non-hydrogen) atoms. The summed E-state index contributed by atoms with van der Waals surface area (Å²) in [5.41, 5.74) is 1.04. The van der Waals surface area contributed by atoms with E-state index in [4.69, 9.17) is 4.74 Å². The molecule has 0 radical (unpaired) electrons. The van der Waals surface area contributed by atoms with Crippen LogP contribution in [0.4, 0.5) is 5.69 Å². The second-order valence-electron chi connectivity index (χ2n) is 8.84. The van der Waals surface area contributed by atoms with Crippen molar-refractivity contribution in [1.82, 2.24) is 10.2 Å². The number of amides is 3. The van der Waals surface area contributed by atoms with Gasteiger partial charge in [0.1, 0.15) is 11.3 Å². The van der Waals surface area contributed by atoms with Crippen molar-refractivity contribution in [3.05, 3.63) is 59.7 Å². The molecule has 7 heteroatoms. The fourth-order valence-electron chi connectivity index (χ4n) is 5.39. The number of hydrogen-bond acceptors (Lipinski definition) is 5. The molecule has 0 saturated carbocycles. The Kier molecular flexibility index (Phi) is 4.41. The summed E-state index contributed by atoms with van der Waals surface area (Å²) in [6, 6.07) is 14.4. The molecule has 2 N–H and O–H groups in total. The van der Waals surface area contributed by atoms with Crippen molar-refractivity contribution in [2.75, 3.05) is 12.4 Å². The van der Waals surface area contributed by atoms with Crippen molar-refractivity contribution in [3.63, 3.8) is 0 Å². The topological polar surface area (TPSA) is 87.7 Å². The number of imide groups is 1. The molecule has 3 aliphatic rings. The average molecular weight is 419 g/mol. The maximum Gasteiger partial charge on any atom is 0.250 e. The fourth-order valence-corrected chi connectivity index (χ4v) is 5.39. The van der Waals surface area contributed by atoms with Gasteiger partial charge in [0.15, 0.2) is 0 Å². The normalized spacial score (nSPS) is 29.0. The fraction of sp³-hybridized carbons (Fsp3) is 0.375. The summed E-state index contributed by atoms with van der Waals surface area (Å²) in [5.74, 6) is -1.34. The van der Waals surface area contributed by atoms with Gasteiger partial charge < -0.3 is 10.1 Å². The molecular weight excluding hydrogens is 394 g/mol. The maximum atomic E-state index is 13.7. The molecule has 3 heterocycles.